The molecule has 0 fully saturated rings. The molecule has 2 aromatic rings. The van der Waals surface area contributed by atoms with E-state index in [4.69, 9.17) is 9.47 Å². The van der Waals surface area contributed by atoms with Crippen molar-refractivity contribution >= 4 is 5.69 Å². The van der Waals surface area contributed by atoms with Gasteiger partial charge < -0.3 is 9.47 Å². The SMILES string of the molecule is COCOc1cc([N+](=O)[O-])ccc1-n1cncn1. The van der Waals surface area contributed by atoms with Gasteiger partial charge >= 0.3 is 0 Å². The van der Waals surface area contributed by atoms with Gasteiger partial charge in [-0.1, -0.05) is 0 Å². The summed E-state index contributed by atoms with van der Waals surface area (Å²) in [7, 11) is 1.46. The topological polar surface area (TPSA) is 92.3 Å². The Balaban J connectivity index is 2.41. The van der Waals surface area contributed by atoms with Crippen LogP contribution >= 0.6 is 0 Å². The third-order valence-corrected chi connectivity index (χ3v) is 2.15. The van der Waals surface area contributed by atoms with Crippen LogP contribution in [0.1, 0.15) is 0 Å². The average molecular weight is 250 g/mol. The lowest BCUT2D eigenvalue weighted by Gasteiger charge is -2.09. The Kier molecular flexibility index (Phi) is 3.49. The molecule has 2 rings (SSSR count). The van der Waals surface area contributed by atoms with Gasteiger partial charge in [0.2, 0.25) is 0 Å². The molecule has 8 nitrogen and oxygen atoms in total. The number of nitro benzene ring substituents is 1. The van der Waals surface area contributed by atoms with Gasteiger partial charge in [0.1, 0.15) is 18.3 Å². The molecule has 0 N–H and O–H groups in total. The van der Waals surface area contributed by atoms with Crippen molar-refractivity contribution in [2.24, 2.45) is 0 Å². The Labute approximate surface area is 102 Å². The molecular weight excluding hydrogens is 240 g/mol. The van der Waals surface area contributed by atoms with Crippen LogP contribution in [0.15, 0.2) is 30.9 Å². The van der Waals surface area contributed by atoms with Gasteiger partial charge in [-0.25, -0.2) is 9.67 Å². The van der Waals surface area contributed by atoms with Gasteiger partial charge in [0.25, 0.3) is 5.69 Å². The molecule has 94 valence electrons. The number of methoxy groups -OCH3 is 1. The third-order valence-electron chi connectivity index (χ3n) is 2.15. The standard InChI is InChI=1S/C10H10N4O4/c1-17-7-18-10-4-8(14(15)16)2-3-9(10)13-6-11-5-12-13/h2-6H,7H2,1H3. The molecule has 0 radical (unpaired) electrons. The quantitative estimate of drug-likeness (QED) is 0.449. The van der Waals surface area contributed by atoms with E-state index >= 15 is 0 Å². The first-order valence-corrected chi connectivity index (χ1v) is 4.97. The number of benzene rings is 1. The number of ether oxygens (including phenoxy) is 2. The third kappa shape index (κ3) is 2.43. The summed E-state index contributed by atoms with van der Waals surface area (Å²) >= 11 is 0. The number of hydrogen-bond donors (Lipinski definition) is 0. The smallest absolute Gasteiger partial charge is 0.273 e. The van der Waals surface area contributed by atoms with Crippen molar-refractivity contribution in [1.29, 1.82) is 0 Å². The van der Waals surface area contributed by atoms with E-state index in [-0.39, 0.29) is 12.5 Å². The van der Waals surface area contributed by atoms with Gasteiger partial charge in [0, 0.05) is 13.2 Å². The van der Waals surface area contributed by atoms with Crippen LogP contribution in [0.2, 0.25) is 0 Å². The molecule has 0 aliphatic carbocycles. The molecule has 0 unspecified atom stereocenters. The highest BCUT2D eigenvalue weighted by atomic mass is 16.7. The van der Waals surface area contributed by atoms with Crippen molar-refractivity contribution in [3.63, 3.8) is 0 Å². The highest BCUT2D eigenvalue weighted by Crippen LogP contribution is 2.27. The zero-order valence-electron chi connectivity index (χ0n) is 9.52. The summed E-state index contributed by atoms with van der Waals surface area (Å²) < 4.78 is 11.5. The molecular formula is C10H10N4O4. The highest BCUT2D eigenvalue weighted by molar-refractivity contribution is 5.52. The first-order chi connectivity index (χ1) is 8.72. The van der Waals surface area contributed by atoms with Crippen molar-refractivity contribution < 1.29 is 14.4 Å². The minimum atomic E-state index is -0.495. The molecule has 1 aromatic heterocycles. The first kappa shape index (κ1) is 12.0. The van der Waals surface area contributed by atoms with Crippen LogP contribution in [0.25, 0.3) is 5.69 Å². The minimum Gasteiger partial charge on any atom is -0.465 e. The molecule has 8 heteroatoms. The fraction of sp³-hybridized carbons (Fsp3) is 0.200. The van der Waals surface area contributed by atoms with Crippen LogP contribution in [0.3, 0.4) is 0 Å². The molecule has 0 aliphatic heterocycles. The number of nitrogens with zero attached hydrogens (tertiary/aromatic N) is 4. The lowest BCUT2D eigenvalue weighted by Crippen LogP contribution is -2.04. The van der Waals surface area contributed by atoms with E-state index < -0.39 is 4.92 Å². The van der Waals surface area contributed by atoms with Gasteiger partial charge in [-0.3, -0.25) is 10.1 Å². The van der Waals surface area contributed by atoms with Gasteiger partial charge in [0.15, 0.2) is 12.5 Å². The normalized spacial score (nSPS) is 10.3. The van der Waals surface area contributed by atoms with Crippen LogP contribution < -0.4 is 4.74 Å². The van der Waals surface area contributed by atoms with Crippen LogP contribution in [-0.4, -0.2) is 33.6 Å². The van der Waals surface area contributed by atoms with Crippen molar-refractivity contribution in [3.05, 3.63) is 41.0 Å². The zero-order chi connectivity index (χ0) is 13.0. The first-order valence-electron chi connectivity index (χ1n) is 4.97. The molecule has 0 spiro atoms. The Morgan fingerprint density at radius 2 is 2.33 bits per heavy atom. The highest BCUT2D eigenvalue weighted by Gasteiger charge is 2.13. The van der Waals surface area contributed by atoms with Crippen LogP contribution in [0.5, 0.6) is 5.75 Å². The van der Waals surface area contributed by atoms with Crippen LogP contribution in [-0.2, 0) is 4.74 Å². The molecule has 1 aromatic carbocycles. The summed E-state index contributed by atoms with van der Waals surface area (Å²) in [6.45, 7) is -0.0110. The molecule has 0 saturated carbocycles. The second-order valence-electron chi connectivity index (χ2n) is 3.30. The number of aromatic nitrogens is 3. The second-order valence-corrected chi connectivity index (χ2v) is 3.30. The average Bonchev–Trinajstić information content (AvgIpc) is 2.89. The molecule has 0 amide bonds. The molecule has 0 bridgehead atoms. The second kappa shape index (κ2) is 5.23. The number of hydrogen-bond acceptors (Lipinski definition) is 6. The van der Waals surface area contributed by atoms with E-state index in [0.717, 1.165) is 0 Å². The fourth-order valence-electron chi connectivity index (χ4n) is 1.38. The maximum absolute atomic E-state index is 10.7. The minimum absolute atomic E-state index is 0.0110. The maximum Gasteiger partial charge on any atom is 0.273 e. The maximum atomic E-state index is 10.7. The van der Waals surface area contributed by atoms with E-state index in [0.29, 0.717) is 11.4 Å². The van der Waals surface area contributed by atoms with E-state index in [1.807, 2.05) is 0 Å². The van der Waals surface area contributed by atoms with E-state index in [2.05, 4.69) is 10.1 Å². The monoisotopic (exact) mass is 250 g/mol. The van der Waals surface area contributed by atoms with E-state index in [1.54, 1.807) is 0 Å². The molecule has 0 atom stereocenters. The lowest BCUT2D eigenvalue weighted by atomic mass is 10.2. The summed E-state index contributed by atoms with van der Waals surface area (Å²) in [4.78, 5) is 14.0. The lowest BCUT2D eigenvalue weighted by molar-refractivity contribution is -0.384. The Bertz CT molecular complexity index is 541. The summed E-state index contributed by atoms with van der Waals surface area (Å²) in [6.07, 6.45) is 2.84. The summed E-state index contributed by atoms with van der Waals surface area (Å²) in [5, 5.41) is 14.7. The van der Waals surface area contributed by atoms with Crippen molar-refractivity contribution in [2.45, 2.75) is 0 Å². The number of rotatable bonds is 5. The largest absolute Gasteiger partial charge is 0.465 e. The van der Waals surface area contributed by atoms with Gasteiger partial charge in [-0.15, -0.1) is 0 Å². The molecule has 18 heavy (non-hydrogen) atoms. The van der Waals surface area contributed by atoms with Gasteiger partial charge in [-0.2, -0.15) is 5.10 Å². The summed E-state index contributed by atoms with van der Waals surface area (Å²) in [5.74, 6) is 0.302. The Hall–Kier alpha value is -2.48. The molecule has 0 aliphatic rings. The summed E-state index contributed by atoms with van der Waals surface area (Å²) in [5.41, 5.74) is 0.486. The van der Waals surface area contributed by atoms with E-state index in [9.17, 15) is 10.1 Å². The number of nitro groups is 1. The predicted molar refractivity (Wildman–Crippen MR) is 60.5 cm³/mol. The van der Waals surface area contributed by atoms with Crippen molar-refractivity contribution in [3.8, 4) is 11.4 Å². The van der Waals surface area contributed by atoms with Crippen LogP contribution in [0.4, 0.5) is 5.69 Å². The molecule has 0 saturated heterocycles. The number of non-ortho nitro benzene ring substituents is 1. The molecule has 1 heterocycles. The Morgan fingerprint density at radius 1 is 1.50 bits per heavy atom. The van der Waals surface area contributed by atoms with Gasteiger partial charge in [-0.05, 0) is 6.07 Å². The van der Waals surface area contributed by atoms with Crippen molar-refractivity contribution in [2.75, 3.05) is 13.9 Å². The van der Waals surface area contributed by atoms with Crippen molar-refractivity contribution in [1.82, 2.24) is 14.8 Å². The summed E-state index contributed by atoms with van der Waals surface area (Å²) in [6, 6.07) is 4.23. The zero-order valence-corrected chi connectivity index (χ0v) is 9.52. The van der Waals surface area contributed by atoms with Crippen LogP contribution in [0, 0.1) is 10.1 Å². The fourth-order valence-corrected chi connectivity index (χ4v) is 1.38. The van der Waals surface area contributed by atoms with E-state index in [1.165, 1.54) is 42.6 Å². The Morgan fingerprint density at radius 3 is 2.94 bits per heavy atom. The van der Waals surface area contributed by atoms with Gasteiger partial charge in [0.05, 0.1) is 11.0 Å². The predicted octanol–water partition coefficient (Wildman–Crippen LogP) is 1.16.